The van der Waals surface area contributed by atoms with E-state index < -0.39 is 11.6 Å². The minimum atomic E-state index is -0.847. The minimum Gasteiger partial charge on any atom is -0.466 e. The molecule has 0 aromatic carbocycles. The fourth-order valence-corrected chi connectivity index (χ4v) is 1.43. The Hall–Kier alpha value is -1.07. The molecule has 0 aromatic heterocycles. The van der Waals surface area contributed by atoms with Crippen molar-refractivity contribution < 1.29 is 19.4 Å². The predicted molar refractivity (Wildman–Crippen MR) is 54.1 cm³/mol. The quantitative estimate of drug-likeness (QED) is 0.502. The van der Waals surface area contributed by atoms with E-state index in [0.29, 0.717) is 19.6 Å². The Morgan fingerprint density at radius 1 is 1.80 bits per heavy atom. The van der Waals surface area contributed by atoms with Crippen LogP contribution in [0, 0.1) is 0 Å². The molecule has 2 N–H and O–H groups in total. The highest BCUT2D eigenvalue weighted by Crippen LogP contribution is 2.24. The summed E-state index contributed by atoms with van der Waals surface area (Å²) in [4.78, 5) is 10.7. The Balaban J connectivity index is 2.30. The SMILES string of the molecule is COC(=O)/C=C/NCC1(O)CCOC1C. The molecule has 0 saturated carbocycles. The third-order valence-corrected chi connectivity index (χ3v) is 2.61. The normalized spacial score (nSPS) is 30.7. The Bertz CT molecular complexity index is 254. The molecule has 86 valence electrons. The highest BCUT2D eigenvalue weighted by atomic mass is 16.5. The highest BCUT2D eigenvalue weighted by Gasteiger charge is 2.38. The van der Waals surface area contributed by atoms with E-state index in [-0.39, 0.29) is 6.10 Å². The zero-order chi connectivity index (χ0) is 11.3. The van der Waals surface area contributed by atoms with Gasteiger partial charge in [0.05, 0.1) is 13.2 Å². The molecule has 0 radical (unpaired) electrons. The van der Waals surface area contributed by atoms with Crippen LogP contribution in [-0.2, 0) is 14.3 Å². The van der Waals surface area contributed by atoms with E-state index in [1.54, 1.807) is 0 Å². The zero-order valence-corrected chi connectivity index (χ0v) is 9.03. The maximum absolute atomic E-state index is 10.7. The van der Waals surface area contributed by atoms with E-state index in [2.05, 4.69) is 10.1 Å². The molecule has 1 aliphatic heterocycles. The van der Waals surface area contributed by atoms with Gasteiger partial charge < -0.3 is 19.9 Å². The average molecular weight is 215 g/mol. The lowest BCUT2D eigenvalue weighted by atomic mass is 9.97. The summed E-state index contributed by atoms with van der Waals surface area (Å²) in [5.41, 5.74) is -0.847. The van der Waals surface area contributed by atoms with Gasteiger partial charge >= 0.3 is 5.97 Å². The van der Waals surface area contributed by atoms with Crippen molar-refractivity contribution in [1.29, 1.82) is 0 Å². The molecule has 0 spiro atoms. The van der Waals surface area contributed by atoms with Crippen LogP contribution in [0.4, 0.5) is 0 Å². The first kappa shape index (κ1) is 12.0. The molecule has 0 aliphatic carbocycles. The molecule has 2 atom stereocenters. The van der Waals surface area contributed by atoms with Crippen molar-refractivity contribution >= 4 is 5.97 Å². The van der Waals surface area contributed by atoms with Gasteiger partial charge in [-0.3, -0.25) is 0 Å². The van der Waals surface area contributed by atoms with Crippen molar-refractivity contribution in [2.75, 3.05) is 20.3 Å². The summed E-state index contributed by atoms with van der Waals surface area (Å²) in [6.45, 7) is 2.76. The van der Waals surface area contributed by atoms with E-state index >= 15 is 0 Å². The van der Waals surface area contributed by atoms with Crippen LogP contribution in [0.2, 0.25) is 0 Å². The largest absolute Gasteiger partial charge is 0.466 e. The molecular formula is C10H17NO4. The molecule has 2 unspecified atom stereocenters. The second kappa shape index (κ2) is 5.14. The summed E-state index contributed by atoms with van der Waals surface area (Å²) in [7, 11) is 1.31. The number of methoxy groups -OCH3 is 1. The molecule has 0 amide bonds. The molecule has 5 nitrogen and oxygen atoms in total. The second-order valence-corrected chi connectivity index (χ2v) is 3.60. The lowest BCUT2D eigenvalue weighted by Crippen LogP contribution is -2.44. The number of hydrogen-bond donors (Lipinski definition) is 2. The van der Waals surface area contributed by atoms with E-state index in [1.165, 1.54) is 19.4 Å². The smallest absolute Gasteiger partial charge is 0.331 e. The summed E-state index contributed by atoms with van der Waals surface area (Å²) >= 11 is 0. The third kappa shape index (κ3) is 3.21. The standard InChI is InChI=1S/C10H17NO4/c1-8-10(13,4-6-15-8)7-11-5-3-9(12)14-2/h3,5,8,11,13H,4,6-7H2,1-2H3/b5-3+. The van der Waals surface area contributed by atoms with Crippen molar-refractivity contribution in [3.63, 3.8) is 0 Å². The van der Waals surface area contributed by atoms with Crippen LogP contribution < -0.4 is 5.32 Å². The monoisotopic (exact) mass is 215 g/mol. The molecular weight excluding hydrogens is 198 g/mol. The van der Waals surface area contributed by atoms with E-state index in [0.717, 1.165) is 0 Å². The van der Waals surface area contributed by atoms with Crippen molar-refractivity contribution in [3.05, 3.63) is 12.3 Å². The lowest BCUT2D eigenvalue weighted by molar-refractivity contribution is -0.134. The van der Waals surface area contributed by atoms with Gasteiger partial charge in [0.2, 0.25) is 0 Å². The summed E-state index contributed by atoms with van der Waals surface area (Å²) < 4.78 is 9.68. The fourth-order valence-electron chi connectivity index (χ4n) is 1.43. The van der Waals surface area contributed by atoms with Gasteiger partial charge in [-0.15, -0.1) is 0 Å². The molecule has 0 bridgehead atoms. The number of carbonyl (C=O) groups excluding carboxylic acids is 1. The maximum Gasteiger partial charge on any atom is 0.331 e. The Kier molecular flexibility index (Phi) is 4.11. The number of esters is 1. The van der Waals surface area contributed by atoms with Gasteiger partial charge in [0.25, 0.3) is 0 Å². The first-order valence-corrected chi connectivity index (χ1v) is 4.90. The Morgan fingerprint density at radius 3 is 3.07 bits per heavy atom. The van der Waals surface area contributed by atoms with Crippen LogP contribution in [0.1, 0.15) is 13.3 Å². The number of nitrogens with one attached hydrogen (secondary N) is 1. The molecule has 1 heterocycles. The molecule has 1 rings (SSSR count). The lowest BCUT2D eigenvalue weighted by Gasteiger charge is -2.25. The number of rotatable bonds is 4. The van der Waals surface area contributed by atoms with Gasteiger partial charge in [-0.1, -0.05) is 0 Å². The van der Waals surface area contributed by atoms with Gasteiger partial charge in [0.1, 0.15) is 5.60 Å². The maximum atomic E-state index is 10.7. The van der Waals surface area contributed by atoms with Gasteiger partial charge in [-0.2, -0.15) is 0 Å². The summed E-state index contributed by atoms with van der Waals surface area (Å²) in [5.74, 6) is -0.426. The van der Waals surface area contributed by atoms with Crippen molar-refractivity contribution in [2.45, 2.75) is 25.0 Å². The summed E-state index contributed by atoms with van der Waals surface area (Å²) in [5, 5.41) is 12.9. The van der Waals surface area contributed by atoms with Gasteiger partial charge in [0, 0.05) is 31.8 Å². The minimum absolute atomic E-state index is 0.184. The van der Waals surface area contributed by atoms with Crippen LogP contribution in [0.15, 0.2) is 12.3 Å². The van der Waals surface area contributed by atoms with E-state index in [9.17, 15) is 9.90 Å². The van der Waals surface area contributed by atoms with Gasteiger partial charge in [-0.25, -0.2) is 4.79 Å². The third-order valence-electron chi connectivity index (χ3n) is 2.61. The summed E-state index contributed by atoms with van der Waals surface area (Å²) in [6.07, 6.45) is 3.16. The van der Waals surface area contributed by atoms with Crippen LogP contribution in [0.3, 0.4) is 0 Å². The average Bonchev–Trinajstić information content (AvgIpc) is 2.54. The molecule has 1 aliphatic rings. The van der Waals surface area contributed by atoms with Crippen molar-refractivity contribution in [3.8, 4) is 0 Å². The summed E-state index contributed by atoms with van der Waals surface area (Å²) in [6, 6.07) is 0. The number of carbonyl (C=O) groups is 1. The Labute approximate surface area is 89.1 Å². The molecule has 1 fully saturated rings. The fraction of sp³-hybridized carbons (Fsp3) is 0.700. The zero-order valence-electron chi connectivity index (χ0n) is 9.03. The van der Waals surface area contributed by atoms with Crippen molar-refractivity contribution in [1.82, 2.24) is 5.32 Å². The van der Waals surface area contributed by atoms with Gasteiger partial charge in [0.15, 0.2) is 0 Å². The van der Waals surface area contributed by atoms with E-state index in [4.69, 9.17) is 4.74 Å². The second-order valence-electron chi connectivity index (χ2n) is 3.60. The van der Waals surface area contributed by atoms with Crippen LogP contribution in [0.5, 0.6) is 0 Å². The molecule has 15 heavy (non-hydrogen) atoms. The Morgan fingerprint density at radius 2 is 2.53 bits per heavy atom. The predicted octanol–water partition coefficient (Wildman–Crippen LogP) is -0.197. The molecule has 5 heteroatoms. The van der Waals surface area contributed by atoms with Crippen LogP contribution in [0.25, 0.3) is 0 Å². The molecule has 0 aromatic rings. The molecule has 1 saturated heterocycles. The van der Waals surface area contributed by atoms with Crippen molar-refractivity contribution in [2.24, 2.45) is 0 Å². The topological polar surface area (TPSA) is 67.8 Å². The highest BCUT2D eigenvalue weighted by molar-refractivity contribution is 5.81. The van der Waals surface area contributed by atoms with E-state index in [1.807, 2.05) is 6.92 Å². The number of ether oxygens (including phenoxy) is 2. The first-order valence-electron chi connectivity index (χ1n) is 4.90. The van der Waals surface area contributed by atoms with Gasteiger partial charge in [-0.05, 0) is 6.92 Å². The van der Waals surface area contributed by atoms with Crippen LogP contribution >= 0.6 is 0 Å². The van der Waals surface area contributed by atoms with Crippen LogP contribution in [-0.4, -0.2) is 43.0 Å². The number of hydrogen-bond acceptors (Lipinski definition) is 5. The first-order chi connectivity index (χ1) is 7.08. The number of aliphatic hydroxyl groups is 1.